The van der Waals surface area contributed by atoms with Crippen LogP contribution in [0.4, 0.5) is 5.69 Å². The quantitative estimate of drug-likeness (QED) is 0.253. The van der Waals surface area contributed by atoms with E-state index in [1.165, 1.54) is 0 Å². The van der Waals surface area contributed by atoms with Gasteiger partial charge in [0.05, 0.1) is 9.95 Å². The minimum atomic E-state index is -0.334. The number of aromatic amines is 1. The molecule has 1 N–H and O–H groups in total. The first kappa shape index (κ1) is 17.7. The summed E-state index contributed by atoms with van der Waals surface area (Å²) >= 11 is 5.79. The van der Waals surface area contributed by atoms with Crippen LogP contribution in [-0.4, -0.2) is 14.9 Å². The second-order valence-electron chi connectivity index (χ2n) is 5.33. The van der Waals surface area contributed by atoms with Crippen LogP contribution in [0.1, 0.15) is 18.1 Å². The molecule has 0 amide bonds. The number of aryl methyl sites for hydroxylation is 2. The predicted octanol–water partition coefficient (Wildman–Crippen LogP) is 6.21. The van der Waals surface area contributed by atoms with Gasteiger partial charge in [-0.2, -0.15) is 0 Å². The Morgan fingerprint density at radius 1 is 1.46 bits per heavy atom. The molecule has 0 aliphatic heterocycles. The van der Waals surface area contributed by atoms with Gasteiger partial charge in [0.2, 0.25) is 0 Å². The average Bonchev–Trinajstić information content (AvgIpc) is 2.93. The fraction of sp³-hybridized carbons (Fsp3) is 0.188. The molecule has 0 saturated heterocycles. The number of pyridine rings is 1. The molecule has 2 aromatic heterocycles. The van der Waals surface area contributed by atoms with E-state index in [4.69, 9.17) is 0 Å². The van der Waals surface area contributed by atoms with E-state index in [0.717, 1.165) is 43.6 Å². The summed E-state index contributed by atoms with van der Waals surface area (Å²) in [7, 11) is 1.55. The van der Waals surface area contributed by atoms with E-state index in [0.29, 0.717) is 5.56 Å². The van der Waals surface area contributed by atoms with Crippen LogP contribution in [0, 0.1) is 17.0 Å². The van der Waals surface area contributed by atoms with Gasteiger partial charge in [-0.3, -0.25) is 10.1 Å². The highest BCUT2D eigenvalue weighted by molar-refractivity contribution is 14.2. The fourth-order valence-electron chi connectivity index (χ4n) is 2.81. The molecular formula is C16H13BrIN3O2S. The molecule has 3 aromatic rings. The zero-order valence-electron chi connectivity index (χ0n) is 12.9. The Balaban J connectivity index is 2.39. The van der Waals surface area contributed by atoms with Crippen molar-refractivity contribution in [3.8, 4) is 11.1 Å². The minimum absolute atomic E-state index is 0.132. The van der Waals surface area contributed by atoms with Gasteiger partial charge in [0.1, 0.15) is 5.65 Å². The van der Waals surface area contributed by atoms with Gasteiger partial charge in [-0.25, -0.2) is 4.98 Å². The number of halogens is 2. The Bertz CT molecular complexity index is 958. The van der Waals surface area contributed by atoms with Crippen molar-refractivity contribution in [3.05, 3.63) is 50.1 Å². The summed E-state index contributed by atoms with van der Waals surface area (Å²) < 4.78 is 0.948. The largest absolute Gasteiger partial charge is 0.333 e. The molecule has 2 heterocycles. The monoisotopic (exact) mass is 517 g/mol. The number of hydrogen-bond donors (Lipinski definition) is 1. The zero-order valence-corrected chi connectivity index (χ0v) is 17.5. The molecule has 5 nitrogen and oxygen atoms in total. The molecule has 0 bridgehead atoms. The number of nitrogens with zero attached hydrogens (tertiary/aromatic N) is 2. The summed E-state index contributed by atoms with van der Waals surface area (Å²) in [6.45, 7) is 3.84. The molecule has 0 aliphatic rings. The summed E-state index contributed by atoms with van der Waals surface area (Å²) in [5.74, 6) is 0. The van der Waals surface area contributed by atoms with Crippen molar-refractivity contribution in [2.45, 2.75) is 25.3 Å². The molecule has 124 valence electrons. The smallest absolute Gasteiger partial charge is 0.272 e. The summed E-state index contributed by atoms with van der Waals surface area (Å²) in [4.78, 5) is 18.8. The van der Waals surface area contributed by atoms with Crippen molar-refractivity contribution >= 4 is 62.8 Å². The predicted molar refractivity (Wildman–Crippen MR) is 110 cm³/mol. The number of benzene rings is 1. The second kappa shape index (κ2) is 7.01. The minimum Gasteiger partial charge on any atom is -0.333 e. The molecule has 8 heteroatoms. The van der Waals surface area contributed by atoms with E-state index in [1.54, 1.807) is 34.2 Å². The van der Waals surface area contributed by atoms with Crippen LogP contribution in [-0.2, 0) is 6.42 Å². The Morgan fingerprint density at radius 3 is 2.83 bits per heavy atom. The first-order valence-corrected chi connectivity index (χ1v) is 11.4. The summed E-state index contributed by atoms with van der Waals surface area (Å²) in [6.07, 6.45) is 2.63. The third-order valence-corrected chi connectivity index (χ3v) is 6.43. The Kier molecular flexibility index (Phi) is 5.16. The summed E-state index contributed by atoms with van der Waals surface area (Å²) in [5, 5.41) is 13.3. The van der Waals surface area contributed by atoms with Crippen LogP contribution in [0.15, 0.2) is 33.9 Å². The van der Waals surface area contributed by atoms with Crippen LogP contribution in [0.3, 0.4) is 0 Å². The molecule has 24 heavy (non-hydrogen) atoms. The third-order valence-electron chi connectivity index (χ3n) is 3.97. The van der Waals surface area contributed by atoms with Crippen molar-refractivity contribution in [1.29, 1.82) is 0 Å². The lowest BCUT2D eigenvalue weighted by Gasteiger charge is -2.08. The van der Waals surface area contributed by atoms with E-state index < -0.39 is 0 Å². The zero-order chi connectivity index (χ0) is 17.4. The molecule has 3 rings (SSSR count). The number of H-pyrrole nitrogens is 1. The first-order chi connectivity index (χ1) is 11.5. The number of nitro groups is 1. The molecule has 1 aromatic carbocycles. The lowest BCUT2D eigenvalue weighted by molar-refractivity contribution is -0.385. The average molecular weight is 518 g/mol. The van der Waals surface area contributed by atoms with Crippen LogP contribution in [0.2, 0.25) is 0 Å². The highest BCUT2D eigenvalue weighted by atomic mass is 127. The summed E-state index contributed by atoms with van der Waals surface area (Å²) in [6, 6.07) is 5.38. The highest BCUT2D eigenvalue weighted by Crippen LogP contribution is 2.43. The second-order valence-corrected chi connectivity index (χ2v) is 8.06. The number of nitrogens with one attached hydrogen (secondary N) is 1. The van der Waals surface area contributed by atoms with Gasteiger partial charge >= 0.3 is 0 Å². The Labute approximate surface area is 163 Å². The van der Waals surface area contributed by atoms with Crippen molar-refractivity contribution < 1.29 is 4.92 Å². The number of hydrogen-bond acceptors (Lipinski definition) is 4. The maximum Gasteiger partial charge on any atom is 0.272 e. The maximum atomic E-state index is 11.3. The number of fused-ring (bicyclic) bond motifs is 1. The topological polar surface area (TPSA) is 71.8 Å². The third kappa shape index (κ3) is 2.95. The molecule has 0 unspecified atom stereocenters. The van der Waals surface area contributed by atoms with Crippen molar-refractivity contribution in [1.82, 2.24) is 9.97 Å². The molecule has 0 saturated carbocycles. The molecule has 0 radical (unpaired) electrons. The number of nitro benzene ring substituents is 1. The molecule has 0 fully saturated rings. The Morgan fingerprint density at radius 2 is 2.21 bits per heavy atom. The molecule has 0 aliphatic carbocycles. The van der Waals surface area contributed by atoms with Gasteiger partial charge in [0.15, 0.2) is 0 Å². The van der Waals surface area contributed by atoms with Gasteiger partial charge in [-0.1, -0.05) is 19.1 Å². The van der Waals surface area contributed by atoms with Gasteiger partial charge < -0.3 is 4.98 Å². The highest BCUT2D eigenvalue weighted by Gasteiger charge is 2.21. The van der Waals surface area contributed by atoms with E-state index in [-0.39, 0.29) is 10.6 Å². The van der Waals surface area contributed by atoms with Crippen LogP contribution < -0.4 is 0 Å². The van der Waals surface area contributed by atoms with Crippen LogP contribution in [0.5, 0.6) is 0 Å². The van der Waals surface area contributed by atoms with E-state index in [9.17, 15) is 10.1 Å². The Hall–Kier alpha value is -1.13. The van der Waals surface area contributed by atoms with Crippen molar-refractivity contribution in [2.75, 3.05) is 0 Å². The van der Waals surface area contributed by atoms with Crippen molar-refractivity contribution in [3.63, 3.8) is 0 Å². The van der Waals surface area contributed by atoms with Gasteiger partial charge in [0, 0.05) is 54.5 Å². The van der Waals surface area contributed by atoms with Crippen molar-refractivity contribution in [2.24, 2.45) is 0 Å². The lowest BCUT2D eigenvalue weighted by atomic mass is 9.99. The lowest BCUT2D eigenvalue weighted by Crippen LogP contribution is -1.93. The van der Waals surface area contributed by atoms with E-state index in [2.05, 4.69) is 54.0 Å². The van der Waals surface area contributed by atoms with Crippen LogP contribution in [0.25, 0.3) is 22.2 Å². The van der Waals surface area contributed by atoms with Gasteiger partial charge in [-0.15, -0.1) is 0 Å². The maximum absolute atomic E-state index is 11.3. The number of aromatic nitrogens is 2. The van der Waals surface area contributed by atoms with Gasteiger partial charge in [0.25, 0.3) is 5.69 Å². The first-order valence-electron chi connectivity index (χ1n) is 7.21. The van der Waals surface area contributed by atoms with E-state index >= 15 is 0 Å². The fourth-order valence-corrected chi connectivity index (χ4v) is 4.82. The van der Waals surface area contributed by atoms with Crippen LogP contribution >= 0.6 is 46.1 Å². The standard InChI is InChI=1S/C16H13BrIN3O2S/c1-3-10-11(17)7-19-15-14(10)13(16(20-15)24-18)9-5-4-8(2)12(6-9)21(22)23/h4-7H,3H2,1-2H3,(H,19,20). The number of rotatable bonds is 4. The summed E-state index contributed by atoms with van der Waals surface area (Å²) in [5.41, 5.74) is 4.53. The van der Waals surface area contributed by atoms with E-state index in [1.807, 2.05) is 6.07 Å². The molecular weight excluding hydrogens is 505 g/mol. The SMILES string of the molecule is CCc1c(Br)cnc2[nH]c(SI)c(-c3ccc(C)c([N+](=O)[O-])c3)c12. The molecule has 0 atom stereocenters. The normalized spacial score (nSPS) is 11.2. The van der Waals surface area contributed by atoms with Gasteiger partial charge in [-0.05, 0) is 49.3 Å². The molecule has 0 spiro atoms.